The molecular weight excluding hydrogens is 331 g/mol. The Morgan fingerprint density at radius 2 is 1.88 bits per heavy atom. The van der Waals surface area contributed by atoms with Gasteiger partial charge in [0.1, 0.15) is 5.75 Å². The molecule has 0 atom stereocenters. The number of H-pyrrole nitrogens is 1. The molecule has 1 aliphatic carbocycles. The van der Waals surface area contributed by atoms with Gasteiger partial charge in [-0.3, -0.25) is 5.10 Å². The Kier molecular flexibility index (Phi) is 3.45. The largest absolute Gasteiger partial charge is 0.497 e. The van der Waals surface area contributed by atoms with E-state index < -0.39 is 11.7 Å². The van der Waals surface area contributed by atoms with Crippen LogP contribution in [0.3, 0.4) is 0 Å². The first kappa shape index (κ1) is 15.6. The topological polar surface area (TPSA) is 49.9 Å². The van der Waals surface area contributed by atoms with Crippen LogP contribution in [0.5, 0.6) is 5.75 Å². The van der Waals surface area contributed by atoms with Crippen molar-refractivity contribution < 1.29 is 17.9 Å². The van der Waals surface area contributed by atoms with Crippen molar-refractivity contribution in [2.24, 2.45) is 0 Å². The number of nitrogens with zero attached hydrogens (tertiary/aromatic N) is 1. The summed E-state index contributed by atoms with van der Waals surface area (Å²) < 4.78 is 43.2. The summed E-state index contributed by atoms with van der Waals surface area (Å²) >= 11 is 0. The van der Waals surface area contributed by atoms with Crippen LogP contribution < -0.4 is 10.1 Å². The van der Waals surface area contributed by atoms with E-state index in [2.05, 4.69) is 15.5 Å². The number of nitrogens with one attached hydrogen (secondary N) is 2. The zero-order valence-corrected chi connectivity index (χ0v) is 13.2. The smallest absolute Gasteiger partial charge is 0.416 e. The second-order valence-corrected chi connectivity index (χ2v) is 5.83. The van der Waals surface area contributed by atoms with E-state index in [4.69, 9.17) is 4.74 Å². The average Bonchev–Trinajstić information content (AvgIpc) is 3.13. The fourth-order valence-electron chi connectivity index (χ4n) is 3.02. The number of hydrogen-bond donors (Lipinski definition) is 2. The molecule has 4 rings (SSSR count). The van der Waals surface area contributed by atoms with Crippen molar-refractivity contribution >= 4 is 11.5 Å². The lowest BCUT2D eigenvalue weighted by atomic mass is 10.1. The first-order valence-electron chi connectivity index (χ1n) is 7.64. The Hall–Kier alpha value is -2.96. The number of ether oxygens (including phenoxy) is 1. The van der Waals surface area contributed by atoms with Crippen molar-refractivity contribution in [3.05, 3.63) is 59.2 Å². The third-order valence-electron chi connectivity index (χ3n) is 4.29. The molecule has 0 bridgehead atoms. The summed E-state index contributed by atoms with van der Waals surface area (Å²) in [5.74, 6) is 1.40. The predicted molar refractivity (Wildman–Crippen MR) is 88.1 cm³/mol. The number of anilines is 2. The van der Waals surface area contributed by atoms with Gasteiger partial charge in [0.25, 0.3) is 0 Å². The SMILES string of the molecule is COc1ccc2c(c1)Cc1c(Nc3ccc(C(F)(F)F)cc3)n[nH]c1-2. The highest BCUT2D eigenvalue weighted by atomic mass is 19.4. The number of hydrogen-bond acceptors (Lipinski definition) is 3. The molecule has 25 heavy (non-hydrogen) atoms. The molecule has 1 aliphatic rings. The van der Waals surface area contributed by atoms with Crippen LogP contribution in [-0.2, 0) is 12.6 Å². The Balaban J connectivity index is 1.60. The molecule has 7 heteroatoms. The van der Waals surface area contributed by atoms with Gasteiger partial charge in [0.15, 0.2) is 5.82 Å². The molecule has 4 nitrogen and oxygen atoms in total. The summed E-state index contributed by atoms with van der Waals surface area (Å²) in [5, 5.41) is 10.3. The normalized spacial score (nSPS) is 12.6. The molecule has 0 amide bonds. The second-order valence-electron chi connectivity index (χ2n) is 5.83. The van der Waals surface area contributed by atoms with E-state index >= 15 is 0 Å². The highest BCUT2D eigenvalue weighted by molar-refractivity contribution is 5.80. The van der Waals surface area contributed by atoms with Crippen LogP contribution >= 0.6 is 0 Å². The quantitative estimate of drug-likeness (QED) is 0.563. The van der Waals surface area contributed by atoms with Gasteiger partial charge < -0.3 is 10.1 Å². The third-order valence-corrected chi connectivity index (χ3v) is 4.29. The highest BCUT2D eigenvalue weighted by Gasteiger charge is 2.30. The number of halogens is 3. The summed E-state index contributed by atoms with van der Waals surface area (Å²) in [6.45, 7) is 0. The predicted octanol–water partition coefficient (Wildman–Crippen LogP) is 4.75. The number of fused-ring (bicyclic) bond motifs is 3. The molecule has 0 unspecified atom stereocenters. The maximum atomic E-state index is 12.6. The van der Waals surface area contributed by atoms with Crippen LogP contribution in [-0.4, -0.2) is 17.3 Å². The van der Waals surface area contributed by atoms with Crippen molar-refractivity contribution in [3.63, 3.8) is 0 Å². The van der Waals surface area contributed by atoms with E-state index in [1.807, 2.05) is 18.2 Å². The van der Waals surface area contributed by atoms with Gasteiger partial charge in [-0.2, -0.15) is 18.3 Å². The lowest BCUT2D eigenvalue weighted by Crippen LogP contribution is -2.04. The van der Waals surface area contributed by atoms with Crippen LogP contribution in [0.2, 0.25) is 0 Å². The maximum absolute atomic E-state index is 12.6. The van der Waals surface area contributed by atoms with E-state index in [1.165, 1.54) is 12.1 Å². The van der Waals surface area contributed by atoms with E-state index in [0.717, 1.165) is 40.3 Å². The molecule has 128 valence electrons. The monoisotopic (exact) mass is 345 g/mol. The summed E-state index contributed by atoms with van der Waals surface area (Å²) in [5.41, 5.74) is 3.97. The minimum Gasteiger partial charge on any atom is -0.497 e. The first-order valence-corrected chi connectivity index (χ1v) is 7.64. The first-order chi connectivity index (χ1) is 12.0. The third kappa shape index (κ3) is 2.71. The van der Waals surface area contributed by atoms with Crippen LogP contribution in [0.4, 0.5) is 24.7 Å². The van der Waals surface area contributed by atoms with Crippen molar-refractivity contribution in [2.75, 3.05) is 12.4 Å². The van der Waals surface area contributed by atoms with Crippen LogP contribution in [0.1, 0.15) is 16.7 Å². The summed E-state index contributed by atoms with van der Waals surface area (Å²) in [4.78, 5) is 0. The maximum Gasteiger partial charge on any atom is 0.416 e. The minimum atomic E-state index is -4.34. The molecule has 2 aromatic carbocycles. The molecule has 0 saturated heterocycles. The molecule has 0 saturated carbocycles. The van der Waals surface area contributed by atoms with Crippen molar-refractivity contribution in [3.8, 4) is 17.0 Å². The van der Waals surface area contributed by atoms with E-state index in [1.54, 1.807) is 7.11 Å². The lowest BCUT2D eigenvalue weighted by molar-refractivity contribution is -0.137. The molecule has 1 heterocycles. The summed E-state index contributed by atoms with van der Waals surface area (Å²) in [6.07, 6.45) is -3.66. The zero-order valence-electron chi connectivity index (χ0n) is 13.2. The fourth-order valence-corrected chi connectivity index (χ4v) is 3.02. The van der Waals surface area contributed by atoms with Gasteiger partial charge in [-0.1, -0.05) is 0 Å². The molecule has 0 radical (unpaired) electrons. The molecule has 3 aromatic rings. The van der Waals surface area contributed by atoms with Gasteiger partial charge >= 0.3 is 6.18 Å². The van der Waals surface area contributed by atoms with Gasteiger partial charge in [0.2, 0.25) is 0 Å². The Labute approximate surface area is 141 Å². The molecule has 1 aromatic heterocycles. The zero-order chi connectivity index (χ0) is 17.6. The average molecular weight is 345 g/mol. The number of rotatable bonds is 3. The number of alkyl halides is 3. The van der Waals surface area contributed by atoms with E-state index in [-0.39, 0.29) is 0 Å². The standard InChI is InChI=1S/C18H14F3N3O/c1-25-13-6-7-14-10(8-13)9-15-16(14)23-24-17(15)22-12-4-2-11(3-5-12)18(19,20)21/h2-8H,9H2,1H3,(H2,22,23,24). The summed E-state index contributed by atoms with van der Waals surface area (Å²) in [6, 6.07) is 10.7. The fraction of sp³-hybridized carbons (Fsp3) is 0.167. The van der Waals surface area contributed by atoms with Crippen molar-refractivity contribution in [2.45, 2.75) is 12.6 Å². The van der Waals surface area contributed by atoms with Gasteiger partial charge in [0.05, 0.1) is 18.4 Å². The van der Waals surface area contributed by atoms with Gasteiger partial charge in [-0.05, 0) is 48.0 Å². The Morgan fingerprint density at radius 1 is 1.12 bits per heavy atom. The second kappa shape index (κ2) is 5.54. The Bertz CT molecular complexity index is 930. The molecular formula is C18H14F3N3O. The minimum absolute atomic E-state index is 0.552. The summed E-state index contributed by atoms with van der Waals surface area (Å²) in [7, 11) is 1.62. The van der Waals surface area contributed by atoms with E-state index in [9.17, 15) is 13.2 Å². The van der Waals surface area contributed by atoms with Crippen LogP contribution in [0.15, 0.2) is 42.5 Å². The molecule has 0 aliphatic heterocycles. The highest BCUT2D eigenvalue weighted by Crippen LogP contribution is 2.41. The number of methoxy groups -OCH3 is 1. The van der Waals surface area contributed by atoms with Gasteiger partial charge in [-0.25, -0.2) is 0 Å². The van der Waals surface area contributed by atoms with Gasteiger partial charge in [-0.15, -0.1) is 0 Å². The van der Waals surface area contributed by atoms with E-state index in [0.29, 0.717) is 17.9 Å². The molecule has 2 N–H and O–H groups in total. The van der Waals surface area contributed by atoms with Crippen molar-refractivity contribution in [1.82, 2.24) is 10.2 Å². The number of benzene rings is 2. The molecule has 0 fully saturated rings. The Morgan fingerprint density at radius 3 is 2.56 bits per heavy atom. The number of aromatic amines is 1. The van der Waals surface area contributed by atoms with Crippen molar-refractivity contribution in [1.29, 1.82) is 0 Å². The van der Waals surface area contributed by atoms with Crippen LogP contribution in [0, 0.1) is 0 Å². The van der Waals surface area contributed by atoms with Crippen LogP contribution in [0.25, 0.3) is 11.3 Å². The molecule has 0 spiro atoms. The number of aromatic nitrogens is 2. The van der Waals surface area contributed by atoms with Gasteiger partial charge in [0, 0.05) is 23.2 Å². The lowest BCUT2D eigenvalue weighted by Gasteiger charge is -2.09.